The van der Waals surface area contributed by atoms with Crippen LogP contribution in [0.1, 0.15) is 22.6 Å². The minimum absolute atomic E-state index is 0.0465. The fourth-order valence-corrected chi connectivity index (χ4v) is 1.48. The highest BCUT2D eigenvalue weighted by Gasteiger charge is 2.08. The molecule has 0 spiro atoms. The van der Waals surface area contributed by atoms with Crippen LogP contribution in [0.3, 0.4) is 0 Å². The molecule has 19 heavy (non-hydrogen) atoms. The van der Waals surface area contributed by atoms with Crippen molar-refractivity contribution in [1.82, 2.24) is 25.9 Å². The smallest absolute Gasteiger partial charge is 0.292 e. The summed E-state index contributed by atoms with van der Waals surface area (Å²) in [5, 5.41) is 15.4. The van der Waals surface area contributed by atoms with Gasteiger partial charge in [0.25, 0.3) is 11.7 Å². The molecule has 0 aliphatic heterocycles. The molecular weight excluding hydrogens is 246 g/mol. The molecule has 7 nitrogen and oxygen atoms in total. The average Bonchev–Trinajstić information content (AvgIpc) is 2.98. The number of rotatable bonds is 7. The summed E-state index contributed by atoms with van der Waals surface area (Å²) < 4.78 is 5.49. The van der Waals surface area contributed by atoms with Crippen LogP contribution in [0.4, 0.5) is 0 Å². The number of aromatic nitrogens is 4. The number of hydrogen-bond acceptors (Lipinski definition) is 5. The lowest BCUT2D eigenvalue weighted by molar-refractivity contribution is 0.0924. The lowest BCUT2D eigenvalue weighted by Crippen LogP contribution is -2.26. The largest absolute Gasteiger partial charge is 0.377 e. The predicted octanol–water partition coefficient (Wildman–Crippen LogP) is 0.536. The zero-order chi connectivity index (χ0) is 13.3. The third kappa shape index (κ3) is 4.47. The number of amides is 1. The van der Waals surface area contributed by atoms with Crippen molar-refractivity contribution < 1.29 is 9.53 Å². The minimum Gasteiger partial charge on any atom is -0.377 e. The maximum Gasteiger partial charge on any atom is 0.292 e. The number of tetrazole rings is 1. The summed E-state index contributed by atoms with van der Waals surface area (Å²) in [5.41, 5.74) is 1.14. The highest BCUT2D eigenvalue weighted by Crippen LogP contribution is 2.00. The predicted molar refractivity (Wildman–Crippen MR) is 67.2 cm³/mol. The van der Waals surface area contributed by atoms with Gasteiger partial charge in [0, 0.05) is 13.2 Å². The van der Waals surface area contributed by atoms with Crippen molar-refractivity contribution in [2.75, 3.05) is 13.2 Å². The molecule has 0 atom stereocenters. The van der Waals surface area contributed by atoms with Gasteiger partial charge in [0.2, 0.25) is 0 Å². The van der Waals surface area contributed by atoms with Crippen LogP contribution in [0, 0.1) is 0 Å². The molecule has 0 bridgehead atoms. The van der Waals surface area contributed by atoms with Crippen LogP contribution in [-0.2, 0) is 11.3 Å². The Morgan fingerprint density at radius 1 is 1.32 bits per heavy atom. The number of carbonyl (C=O) groups is 1. The molecule has 2 aromatic rings. The van der Waals surface area contributed by atoms with E-state index < -0.39 is 0 Å². The monoisotopic (exact) mass is 261 g/mol. The second-order valence-corrected chi connectivity index (χ2v) is 3.88. The number of nitrogens with one attached hydrogen (secondary N) is 2. The van der Waals surface area contributed by atoms with Crippen LogP contribution in [-0.4, -0.2) is 39.7 Å². The topological polar surface area (TPSA) is 92.8 Å². The Balaban J connectivity index is 1.54. The average molecular weight is 261 g/mol. The molecule has 0 fully saturated rings. The van der Waals surface area contributed by atoms with Crippen LogP contribution in [0.15, 0.2) is 30.3 Å². The zero-order valence-corrected chi connectivity index (χ0v) is 10.4. The normalized spacial score (nSPS) is 10.3. The molecule has 100 valence electrons. The first kappa shape index (κ1) is 13.2. The van der Waals surface area contributed by atoms with Crippen molar-refractivity contribution >= 4 is 5.91 Å². The van der Waals surface area contributed by atoms with Crippen molar-refractivity contribution in [1.29, 1.82) is 0 Å². The molecule has 1 amide bonds. The van der Waals surface area contributed by atoms with Gasteiger partial charge >= 0.3 is 0 Å². The lowest BCUT2D eigenvalue weighted by atomic mass is 10.2. The van der Waals surface area contributed by atoms with Crippen molar-refractivity contribution in [2.24, 2.45) is 0 Å². The molecule has 0 saturated carbocycles. The summed E-state index contributed by atoms with van der Waals surface area (Å²) in [6, 6.07) is 9.95. The van der Waals surface area contributed by atoms with Gasteiger partial charge in [-0.3, -0.25) is 4.79 Å². The Hall–Kier alpha value is -2.28. The van der Waals surface area contributed by atoms with Gasteiger partial charge in [0.15, 0.2) is 0 Å². The minimum atomic E-state index is -0.336. The molecule has 0 unspecified atom stereocenters. The summed E-state index contributed by atoms with van der Waals surface area (Å²) in [7, 11) is 0. The fraction of sp³-hybridized carbons (Fsp3) is 0.333. The molecule has 7 heteroatoms. The summed E-state index contributed by atoms with van der Waals surface area (Å²) in [6.07, 6.45) is 0.733. The Bertz CT molecular complexity index is 486. The lowest BCUT2D eigenvalue weighted by Gasteiger charge is -2.05. The molecule has 2 rings (SSSR count). The number of aromatic amines is 1. The highest BCUT2D eigenvalue weighted by atomic mass is 16.5. The second-order valence-electron chi connectivity index (χ2n) is 3.88. The van der Waals surface area contributed by atoms with Crippen molar-refractivity contribution in [3.63, 3.8) is 0 Å². The van der Waals surface area contributed by atoms with E-state index in [4.69, 9.17) is 4.74 Å². The molecular formula is C12H15N5O2. The van der Waals surface area contributed by atoms with Gasteiger partial charge in [-0.1, -0.05) is 30.3 Å². The van der Waals surface area contributed by atoms with Gasteiger partial charge < -0.3 is 10.1 Å². The van der Waals surface area contributed by atoms with E-state index in [-0.39, 0.29) is 11.7 Å². The van der Waals surface area contributed by atoms with Gasteiger partial charge in [-0.2, -0.15) is 5.21 Å². The maximum absolute atomic E-state index is 11.4. The first-order valence-corrected chi connectivity index (χ1v) is 5.99. The van der Waals surface area contributed by atoms with Gasteiger partial charge in [0.05, 0.1) is 6.61 Å². The van der Waals surface area contributed by atoms with Gasteiger partial charge in [-0.05, 0) is 17.2 Å². The van der Waals surface area contributed by atoms with E-state index in [1.165, 1.54) is 0 Å². The highest BCUT2D eigenvalue weighted by molar-refractivity contribution is 5.89. The van der Waals surface area contributed by atoms with E-state index in [2.05, 4.69) is 25.9 Å². The molecule has 2 N–H and O–H groups in total. The molecule has 0 saturated heterocycles. The molecule has 0 aliphatic rings. The number of ether oxygens (including phenoxy) is 1. The maximum atomic E-state index is 11.4. The van der Waals surface area contributed by atoms with E-state index in [0.29, 0.717) is 19.8 Å². The van der Waals surface area contributed by atoms with E-state index in [0.717, 1.165) is 12.0 Å². The van der Waals surface area contributed by atoms with Crippen molar-refractivity contribution in [3.8, 4) is 0 Å². The van der Waals surface area contributed by atoms with E-state index in [9.17, 15) is 4.79 Å². The van der Waals surface area contributed by atoms with E-state index >= 15 is 0 Å². The summed E-state index contributed by atoms with van der Waals surface area (Å²) in [5.74, 6) is -0.290. The fourth-order valence-electron chi connectivity index (χ4n) is 1.48. The Morgan fingerprint density at radius 2 is 2.16 bits per heavy atom. The Kier molecular flexibility index (Phi) is 5.00. The standard InChI is InChI=1S/C12H15N5O2/c18-12(11-14-16-17-15-11)13-7-4-8-19-9-10-5-2-1-3-6-10/h1-3,5-6H,4,7-9H2,(H,13,18)(H,14,15,16,17). The molecule has 1 heterocycles. The van der Waals surface area contributed by atoms with Gasteiger partial charge in [0.1, 0.15) is 0 Å². The second kappa shape index (κ2) is 7.22. The van der Waals surface area contributed by atoms with Crippen LogP contribution >= 0.6 is 0 Å². The SMILES string of the molecule is O=C(NCCCOCc1ccccc1)c1nn[nH]n1. The summed E-state index contributed by atoms with van der Waals surface area (Å²) in [6.45, 7) is 1.68. The summed E-state index contributed by atoms with van der Waals surface area (Å²) >= 11 is 0. The van der Waals surface area contributed by atoms with E-state index in [1.54, 1.807) is 0 Å². The van der Waals surface area contributed by atoms with Gasteiger partial charge in [-0.15, -0.1) is 10.2 Å². The first-order valence-electron chi connectivity index (χ1n) is 5.99. The number of hydrogen-bond donors (Lipinski definition) is 2. The van der Waals surface area contributed by atoms with E-state index in [1.807, 2.05) is 30.3 Å². The number of H-pyrrole nitrogens is 1. The Labute approximate surface area is 110 Å². The Morgan fingerprint density at radius 3 is 2.89 bits per heavy atom. The number of carbonyl (C=O) groups excluding carboxylic acids is 1. The number of benzene rings is 1. The zero-order valence-electron chi connectivity index (χ0n) is 10.4. The first-order chi connectivity index (χ1) is 9.36. The van der Waals surface area contributed by atoms with Crippen LogP contribution < -0.4 is 5.32 Å². The molecule has 0 aliphatic carbocycles. The van der Waals surface area contributed by atoms with Crippen molar-refractivity contribution in [3.05, 3.63) is 41.7 Å². The quantitative estimate of drug-likeness (QED) is 0.709. The number of nitrogens with zero attached hydrogens (tertiary/aromatic N) is 3. The third-order valence-corrected chi connectivity index (χ3v) is 2.41. The molecule has 1 aromatic carbocycles. The van der Waals surface area contributed by atoms with Crippen LogP contribution in [0.25, 0.3) is 0 Å². The van der Waals surface area contributed by atoms with Crippen LogP contribution in [0.5, 0.6) is 0 Å². The van der Waals surface area contributed by atoms with Crippen LogP contribution in [0.2, 0.25) is 0 Å². The molecule has 1 aromatic heterocycles. The van der Waals surface area contributed by atoms with Gasteiger partial charge in [-0.25, -0.2) is 0 Å². The van der Waals surface area contributed by atoms with Crippen molar-refractivity contribution in [2.45, 2.75) is 13.0 Å². The summed E-state index contributed by atoms with van der Waals surface area (Å²) in [4.78, 5) is 11.4. The molecule has 0 radical (unpaired) electrons. The third-order valence-electron chi connectivity index (χ3n) is 2.41.